The predicted molar refractivity (Wildman–Crippen MR) is 57.5 cm³/mol. The van der Waals surface area contributed by atoms with E-state index in [1.807, 2.05) is 0 Å². The second kappa shape index (κ2) is 7.21. The molecule has 1 N–H and O–H groups in total. The van der Waals surface area contributed by atoms with E-state index in [0.29, 0.717) is 12.1 Å². The third-order valence-electron chi connectivity index (χ3n) is 2.77. The predicted octanol–water partition coefficient (Wildman–Crippen LogP) is 1.57. The van der Waals surface area contributed by atoms with Crippen LogP contribution < -0.4 is 5.32 Å². The molecule has 0 aromatic heterocycles. The third-order valence-corrected chi connectivity index (χ3v) is 2.77. The molecule has 84 valence electrons. The van der Waals surface area contributed by atoms with Crippen LogP contribution in [0.15, 0.2) is 0 Å². The maximum atomic E-state index is 5.65. The first-order valence-electron chi connectivity index (χ1n) is 5.70. The minimum absolute atomic E-state index is 0.426. The average Bonchev–Trinajstić information content (AvgIpc) is 2.25. The van der Waals surface area contributed by atoms with Gasteiger partial charge in [-0.2, -0.15) is 0 Å². The fourth-order valence-corrected chi connectivity index (χ4v) is 1.79. The van der Waals surface area contributed by atoms with E-state index in [9.17, 15) is 0 Å². The molecule has 2 atom stereocenters. The van der Waals surface area contributed by atoms with Crippen LogP contribution in [0.2, 0.25) is 0 Å². The molecule has 1 heterocycles. The molecular formula is C11H23NO2. The van der Waals surface area contributed by atoms with Gasteiger partial charge in [0.25, 0.3) is 0 Å². The summed E-state index contributed by atoms with van der Waals surface area (Å²) in [6, 6.07) is 0.477. The molecule has 0 spiro atoms. The van der Waals surface area contributed by atoms with Gasteiger partial charge in [0, 0.05) is 26.3 Å². The SMILES string of the molecule is CCC(COC)NCC1CCCCO1. The van der Waals surface area contributed by atoms with Gasteiger partial charge in [0.15, 0.2) is 0 Å². The molecule has 0 amide bonds. The first-order valence-corrected chi connectivity index (χ1v) is 5.70. The number of methoxy groups -OCH3 is 1. The van der Waals surface area contributed by atoms with Crippen molar-refractivity contribution in [2.75, 3.05) is 26.9 Å². The van der Waals surface area contributed by atoms with Crippen LogP contribution in [-0.4, -0.2) is 39.0 Å². The zero-order valence-electron chi connectivity index (χ0n) is 9.42. The van der Waals surface area contributed by atoms with E-state index < -0.39 is 0 Å². The molecule has 0 bridgehead atoms. The topological polar surface area (TPSA) is 30.5 Å². The molecule has 1 fully saturated rings. The second-order valence-corrected chi connectivity index (χ2v) is 3.96. The molecule has 1 rings (SSSR count). The Balaban J connectivity index is 2.10. The van der Waals surface area contributed by atoms with Crippen LogP contribution in [0.5, 0.6) is 0 Å². The molecule has 3 heteroatoms. The molecule has 14 heavy (non-hydrogen) atoms. The molecule has 1 aliphatic heterocycles. The highest BCUT2D eigenvalue weighted by atomic mass is 16.5. The molecule has 1 saturated heterocycles. The standard InChI is InChI=1S/C11H23NO2/c1-3-10(9-13-2)12-8-11-6-4-5-7-14-11/h10-12H,3-9H2,1-2H3. The van der Waals surface area contributed by atoms with Gasteiger partial charge < -0.3 is 14.8 Å². The van der Waals surface area contributed by atoms with Gasteiger partial charge in [0.05, 0.1) is 12.7 Å². The molecular weight excluding hydrogens is 178 g/mol. The highest BCUT2D eigenvalue weighted by molar-refractivity contribution is 4.70. The Bertz CT molecular complexity index is 130. The lowest BCUT2D eigenvalue weighted by Crippen LogP contribution is -2.39. The van der Waals surface area contributed by atoms with Crippen molar-refractivity contribution in [3.63, 3.8) is 0 Å². The van der Waals surface area contributed by atoms with E-state index in [4.69, 9.17) is 9.47 Å². The molecule has 0 radical (unpaired) electrons. The Morgan fingerprint density at radius 3 is 2.93 bits per heavy atom. The van der Waals surface area contributed by atoms with Gasteiger partial charge in [-0.1, -0.05) is 6.92 Å². The average molecular weight is 201 g/mol. The summed E-state index contributed by atoms with van der Waals surface area (Å²) in [6.07, 6.45) is 5.28. The Labute approximate surface area is 87.2 Å². The lowest BCUT2D eigenvalue weighted by molar-refractivity contribution is 0.0134. The van der Waals surface area contributed by atoms with Crippen molar-refractivity contribution in [2.24, 2.45) is 0 Å². The van der Waals surface area contributed by atoms with Crippen LogP contribution in [0.3, 0.4) is 0 Å². The van der Waals surface area contributed by atoms with Crippen LogP contribution >= 0.6 is 0 Å². The summed E-state index contributed by atoms with van der Waals surface area (Å²) < 4.78 is 10.8. The van der Waals surface area contributed by atoms with Gasteiger partial charge in [0.1, 0.15) is 0 Å². The van der Waals surface area contributed by atoms with Crippen molar-refractivity contribution in [3.05, 3.63) is 0 Å². The van der Waals surface area contributed by atoms with Crippen LogP contribution in [0.25, 0.3) is 0 Å². The number of ether oxygens (including phenoxy) is 2. The minimum Gasteiger partial charge on any atom is -0.383 e. The lowest BCUT2D eigenvalue weighted by atomic mass is 10.1. The highest BCUT2D eigenvalue weighted by Gasteiger charge is 2.15. The quantitative estimate of drug-likeness (QED) is 0.707. The number of rotatable bonds is 6. The smallest absolute Gasteiger partial charge is 0.0699 e. The molecule has 3 nitrogen and oxygen atoms in total. The minimum atomic E-state index is 0.426. The van der Waals surface area contributed by atoms with Crippen LogP contribution in [0, 0.1) is 0 Å². The van der Waals surface area contributed by atoms with E-state index in [2.05, 4.69) is 12.2 Å². The molecule has 1 aliphatic rings. The van der Waals surface area contributed by atoms with Crippen molar-refractivity contribution < 1.29 is 9.47 Å². The molecule has 0 aromatic rings. The summed E-state index contributed by atoms with van der Waals surface area (Å²) in [4.78, 5) is 0. The van der Waals surface area contributed by atoms with E-state index in [1.165, 1.54) is 19.3 Å². The monoisotopic (exact) mass is 201 g/mol. The molecule has 0 aromatic carbocycles. The molecule has 0 saturated carbocycles. The van der Waals surface area contributed by atoms with Gasteiger partial charge in [0.2, 0.25) is 0 Å². The van der Waals surface area contributed by atoms with E-state index >= 15 is 0 Å². The summed E-state index contributed by atoms with van der Waals surface area (Å²) in [5.74, 6) is 0. The van der Waals surface area contributed by atoms with Crippen LogP contribution in [-0.2, 0) is 9.47 Å². The van der Waals surface area contributed by atoms with Gasteiger partial charge >= 0.3 is 0 Å². The first-order chi connectivity index (χ1) is 6.86. The fourth-order valence-electron chi connectivity index (χ4n) is 1.79. The van der Waals surface area contributed by atoms with E-state index in [0.717, 1.165) is 26.2 Å². The highest BCUT2D eigenvalue weighted by Crippen LogP contribution is 2.11. The summed E-state index contributed by atoms with van der Waals surface area (Å²) in [6.45, 7) is 4.89. The first kappa shape index (κ1) is 12.0. The maximum absolute atomic E-state index is 5.65. The maximum Gasteiger partial charge on any atom is 0.0699 e. The fraction of sp³-hybridized carbons (Fsp3) is 1.00. The van der Waals surface area contributed by atoms with E-state index in [-0.39, 0.29) is 0 Å². The van der Waals surface area contributed by atoms with Crippen molar-refractivity contribution in [2.45, 2.75) is 44.8 Å². The third kappa shape index (κ3) is 4.40. The van der Waals surface area contributed by atoms with Gasteiger partial charge in [-0.25, -0.2) is 0 Å². The molecule has 2 unspecified atom stereocenters. The molecule has 0 aliphatic carbocycles. The summed E-state index contributed by atoms with van der Waals surface area (Å²) in [7, 11) is 1.75. The van der Waals surface area contributed by atoms with Crippen molar-refractivity contribution in [1.29, 1.82) is 0 Å². The largest absolute Gasteiger partial charge is 0.383 e. The van der Waals surface area contributed by atoms with Crippen molar-refractivity contribution in [3.8, 4) is 0 Å². The number of hydrogen-bond donors (Lipinski definition) is 1. The van der Waals surface area contributed by atoms with Crippen molar-refractivity contribution in [1.82, 2.24) is 5.32 Å². The second-order valence-electron chi connectivity index (χ2n) is 3.96. The van der Waals surface area contributed by atoms with Gasteiger partial charge in [-0.15, -0.1) is 0 Å². The Hall–Kier alpha value is -0.120. The Morgan fingerprint density at radius 1 is 1.50 bits per heavy atom. The van der Waals surface area contributed by atoms with Gasteiger partial charge in [-0.05, 0) is 25.7 Å². The Morgan fingerprint density at radius 2 is 2.36 bits per heavy atom. The summed E-state index contributed by atoms with van der Waals surface area (Å²) in [5, 5.41) is 3.49. The Kier molecular flexibility index (Phi) is 6.15. The lowest BCUT2D eigenvalue weighted by Gasteiger charge is -2.25. The van der Waals surface area contributed by atoms with Crippen LogP contribution in [0.4, 0.5) is 0 Å². The van der Waals surface area contributed by atoms with Crippen molar-refractivity contribution >= 4 is 0 Å². The number of nitrogens with one attached hydrogen (secondary N) is 1. The normalized spacial score (nSPS) is 24.9. The summed E-state index contributed by atoms with van der Waals surface area (Å²) >= 11 is 0. The zero-order chi connectivity index (χ0) is 10.2. The number of hydrogen-bond acceptors (Lipinski definition) is 3. The van der Waals surface area contributed by atoms with E-state index in [1.54, 1.807) is 7.11 Å². The zero-order valence-corrected chi connectivity index (χ0v) is 9.42. The summed E-state index contributed by atoms with van der Waals surface area (Å²) in [5.41, 5.74) is 0. The van der Waals surface area contributed by atoms with Crippen LogP contribution in [0.1, 0.15) is 32.6 Å². The van der Waals surface area contributed by atoms with Gasteiger partial charge in [-0.3, -0.25) is 0 Å².